The van der Waals surface area contributed by atoms with Crippen LogP contribution < -0.4 is 15.5 Å². The number of anilines is 3. The number of likely N-dealkylation sites (tertiary alicyclic amines) is 1. The van der Waals surface area contributed by atoms with Gasteiger partial charge in [0.05, 0.1) is 12.3 Å². The van der Waals surface area contributed by atoms with Crippen molar-refractivity contribution in [2.75, 3.05) is 43.0 Å². The summed E-state index contributed by atoms with van der Waals surface area (Å²) in [5.41, 5.74) is 4.00. The minimum absolute atomic E-state index is 0.0428. The minimum atomic E-state index is -0.210. The highest BCUT2D eigenvalue weighted by Crippen LogP contribution is 2.34. The number of carbonyl (C=O) groups excluding carboxylic acids is 1. The van der Waals surface area contributed by atoms with E-state index in [0.29, 0.717) is 12.5 Å². The molecule has 3 N–H and O–H groups in total. The summed E-state index contributed by atoms with van der Waals surface area (Å²) in [6.45, 7) is 10.2. The molecule has 2 aromatic heterocycles. The van der Waals surface area contributed by atoms with Crippen LogP contribution in [0.3, 0.4) is 0 Å². The summed E-state index contributed by atoms with van der Waals surface area (Å²) < 4.78 is 2.33. The summed E-state index contributed by atoms with van der Waals surface area (Å²) in [6.07, 6.45) is 6.67. The molecule has 192 valence electrons. The predicted octanol–water partition coefficient (Wildman–Crippen LogP) is 3.75. The number of piperidine rings is 1. The Hall–Kier alpha value is -3.33. The summed E-state index contributed by atoms with van der Waals surface area (Å²) in [7, 11) is 0. The van der Waals surface area contributed by atoms with Crippen LogP contribution in [0.15, 0.2) is 36.8 Å². The maximum absolute atomic E-state index is 12.5. The van der Waals surface area contributed by atoms with Crippen molar-refractivity contribution in [3.05, 3.63) is 42.5 Å². The van der Waals surface area contributed by atoms with Crippen LogP contribution >= 0.6 is 0 Å². The number of fused-ring (bicyclic) bond motifs is 2. The molecule has 1 saturated heterocycles. The highest BCUT2D eigenvalue weighted by molar-refractivity contribution is 5.86. The Morgan fingerprint density at radius 2 is 1.94 bits per heavy atom. The number of aromatic nitrogens is 3. The monoisotopic (exact) mass is 491 g/mol. The first-order valence-corrected chi connectivity index (χ1v) is 12.9. The Labute approximate surface area is 212 Å². The first-order valence-electron chi connectivity index (χ1n) is 12.9. The van der Waals surface area contributed by atoms with E-state index in [-0.39, 0.29) is 18.2 Å². The molecule has 0 radical (unpaired) electrons. The van der Waals surface area contributed by atoms with Crippen molar-refractivity contribution in [1.82, 2.24) is 24.8 Å². The van der Waals surface area contributed by atoms with E-state index in [1.807, 2.05) is 25.7 Å². The predicted molar refractivity (Wildman–Crippen MR) is 143 cm³/mol. The van der Waals surface area contributed by atoms with E-state index in [1.165, 1.54) is 10.9 Å². The fourth-order valence-electron chi connectivity index (χ4n) is 5.29. The Bertz CT molecular complexity index is 1220. The first-order chi connectivity index (χ1) is 17.3. The average molecular weight is 492 g/mol. The van der Waals surface area contributed by atoms with Crippen LogP contribution in [0.5, 0.6) is 0 Å². The molecule has 4 heterocycles. The molecule has 1 aromatic carbocycles. The van der Waals surface area contributed by atoms with E-state index in [2.05, 4.69) is 60.5 Å². The molecule has 0 bridgehead atoms. The standard InChI is InChI=1S/C27H37N7O2/c1-27(2,3)31-26(36)33-10-6-19(7-11-33)17-34-12-8-20-16-21(4-5-23(20)34)30-25-24-22(28-18-29-25)9-13-32(24)14-15-35/h4-5,8,12,16,18-19,35H,6-7,9-11,13-15,17H2,1-3H3,(H,31,36)(H,28,29,30). The smallest absolute Gasteiger partial charge is 0.317 e. The third kappa shape index (κ3) is 5.26. The molecule has 3 aromatic rings. The second-order valence-electron chi connectivity index (χ2n) is 11.0. The minimum Gasteiger partial charge on any atom is -0.395 e. The van der Waals surface area contributed by atoms with Gasteiger partial charge >= 0.3 is 6.03 Å². The number of amides is 2. The number of nitrogens with one attached hydrogen (secondary N) is 2. The number of hydrogen-bond acceptors (Lipinski definition) is 6. The molecule has 0 atom stereocenters. The van der Waals surface area contributed by atoms with Crippen molar-refractivity contribution >= 4 is 34.1 Å². The van der Waals surface area contributed by atoms with Crippen molar-refractivity contribution in [2.45, 2.75) is 52.1 Å². The maximum Gasteiger partial charge on any atom is 0.317 e. The number of urea groups is 1. The van der Waals surface area contributed by atoms with E-state index >= 15 is 0 Å². The van der Waals surface area contributed by atoms with Crippen LogP contribution in [0.1, 0.15) is 39.3 Å². The van der Waals surface area contributed by atoms with Gasteiger partial charge in [0.1, 0.15) is 12.0 Å². The second-order valence-corrected chi connectivity index (χ2v) is 11.0. The highest BCUT2D eigenvalue weighted by atomic mass is 16.3. The number of hydrogen-bond donors (Lipinski definition) is 3. The van der Waals surface area contributed by atoms with Crippen LogP contribution in [-0.4, -0.2) is 68.9 Å². The zero-order chi connectivity index (χ0) is 25.3. The van der Waals surface area contributed by atoms with E-state index in [0.717, 1.165) is 68.3 Å². The van der Waals surface area contributed by atoms with Crippen LogP contribution in [0.2, 0.25) is 0 Å². The molecular weight excluding hydrogens is 454 g/mol. The third-order valence-corrected chi connectivity index (χ3v) is 7.08. The zero-order valence-corrected chi connectivity index (χ0v) is 21.5. The number of rotatable bonds is 6. The fourth-order valence-corrected chi connectivity index (χ4v) is 5.29. The first kappa shape index (κ1) is 24.4. The lowest BCUT2D eigenvalue weighted by Gasteiger charge is -2.34. The normalized spacial score (nSPS) is 16.4. The Kier molecular flexibility index (Phi) is 6.75. The van der Waals surface area contributed by atoms with E-state index in [4.69, 9.17) is 0 Å². The van der Waals surface area contributed by atoms with Gasteiger partial charge in [-0.3, -0.25) is 0 Å². The molecule has 0 aliphatic carbocycles. The number of aliphatic hydroxyl groups is 1. The molecule has 9 nitrogen and oxygen atoms in total. The fraction of sp³-hybridized carbons (Fsp3) is 0.519. The van der Waals surface area contributed by atoms with Crippen LogP contribution in [0.25, 0.3) is 10.9 Å². The van der Waals surface area contributed by atoms with E-state index in [9.17, 15) is 9.90 Å². The topological polar surface area (TPSA) is 98.6 Å². The Morgan fingerprint density at radius 3 is 2.69 bits per heavy atom. The Morgan fingerprint density at radius 1 is 1.14 bits per heavy atom. The van der Waals surface area contributed by atoms with Gasteiger partial charge in [0, 0.05) is 67.5 Å². The van der Waals surface area contributed by atoms with Crippen LogP contribution in [0.4, 0.5) is 22.0 Å². The lowest BCUT2D eigenvalue weighted by Crippen LogP contribution is -2.50. The van der Waals surface area contributed by atoms with Gasteiger partial charge < -0.3 is 30.1 Å². The van der Waals surface area contributed by atoms with Gasteiger partial charge in [-0.1, -0.05) is 0 Å². The van der Waals surface area contributed by atoms with E-state index in [1.54, 1.807) is 6.33 Å². The lowest BCUT2D eigenvalue weighted by molar-refractivity contribution is 0.159. The van der Waals surface area contributed by atoms with Gasteiger partial charge in [-0.05, 0) is 63.8 Å². The van der Waals surface area contributed by atoms with Crippen molar-refractivity contribution in [2.24, 2.45) is 5.92 Å². The summed E-state index contributed by atoms with van der Waals surface area (Å²) in [5.74, 6) is 1.34. The van der Waals surface area contributed by atoms with E-state index < -0.39 is 0 Å². The summed E-state index contributed by atoms with van der Waals surface area (Å²) in [5, 5.41) is 17.2. The van der Waals surface area contributed by atoms with Crippen molar-refractivity contribution < 1.29 is 9.90 Å². The SMILES string of the molecule is CC(C)(C)NC(=O)N1CCC(Cn2ccc3cc(Nc4ncnc5c4N(CCO)CC5)ccc32)CC1. The molecule has 2 amide bonds. The summed E-state index contributed by atoms with van der Waals surface area (Å²) in [6, 6.07) is 8.62. The summed E-state index contributed by atoms with van der Waals surface area (Å²) >= 11 is 0. The number of nitrogens with zero attached hydrogens (tertiary/aromatic N) is 5. The highest BCUT2D eigenvalue weighted by Gasteiger charge is 2.26. The van der Waals surface area contributed by atoms with Crippen molar-refractivity contribution in [3.8, 4) is 0 Å². The van der Waals surface area contributed by atoms with Gasteiger partial charge in [-0.2, -0.15) is 0 Å². The molecule has 2 aliphatic rings. The molecule has 0 unspecified atom stereocenters. The van der Waals surface area contributed by atoms with Gasteiger partial charge in [-0.15, -0.1) is 0 Å². The molecule has 1 fully saturated rings. The molecule has 5 rings (SSSR count). The van der Waals surface area contributed by atoms with Gasteiger partial charge in [-0.25, -0.2) is 14.8 Å². The van der Waals surface area contributed by atoms with Crippen LogP contribution in [-0.2, 0) is 13.0 Å². The number of β-amino-alcohol motifs (C(OH)–C–C–N with tert-alkyl or cyclic N) is 1. The average Bonchev–Trinajstić information content (AvgIpc) is 3.43. The van der Waals surface area contributed by atoms with Gasteiger partial charge in [0.15, 0.2) is 5.82 Å². The Balaban J connectivity index is 1.24. The summed E-state index contributed by atoms with van der Waals surface area (Å²) in [4.78, 5) is 25.5. The third-order valence-electron chi connectivity index (χ3n) is 7.08. The quantitative estimate of drug-likeness (QED) is 0.486. The molecule has 36 heavy (non-hydrogen) atoms. The largest absolute Gasteiger partial charge is 0.395 e. The second kappa shape index (κ2) is 9.97. The number of aliphatic hydroxyl groups excluding tert-OH is 1. The lowest BCUT2D eigenvalue weighted by atomic mass is 9.96. The van der Waals surface area contributed by atoms with Crippen LogP contribution in [0, 0.1) is 5.92 Å². The van der Waals surface area contributed by atoms with Crippen molar-refractivity contribution in [3.63, 3.8) is 0 Å². The molecule has 0 saturated carbocycles. The molecular formula is C27H37N7O2. The van der Waals surface area contributed by atoms with Gasteiger partial charge in [0.2, 0.25) is 0 Å². The number of benzene rings is 1. The zero-order valence-electron chi connectivity index (χ0n) is 21.5. The maximum atomic E-state index is 12.5. The van der Waals surface area contributed by atoms with Crippen molar-refractivity contribution in [1.29, 1.82) is 0 Å². The molecule has 0 spiro atoms. The molecule has 9 heteroatoms. The van der Waals surface area contributed by atoms with Gasteiger partial charge in [0.25, 0.3) is 0 Å². The molecule has 2 aliphatic heterocycles. The number of carbonyl (C=O) groups is 1.